The van der Waals surface area contributed by atoms with Crippen LogP contribution in [-0.4, -0.2) is 33.7 Å². The number of hydrazone groups is 1. The lowest BCUT2D eigenvalue weighted by Gasteiger charge is -2.25. The number of hydrogen-bond donors (Lipinski definition) is 1. The molecule has 3 aromatic carbocycles. The van der Waals surface area contributed by atoms with Gasteiger partial charge < -0.3 is 4.74 Å². The number of ether oxygens (including phenoxy) is 1. The number of nitrogens with zero attached hydrogens (tertiary/aromatic N) is 2. The van der Waals surface area contributed by atoms with E-state index in [0.29, 0.717) is 28.6 Å². The number of sulfonamides is 1. The lowest BCUT2D eigenvalue weighted by atomic mass is 10.2. The summed E-state index contributed by atoms with van der Waals surface area (Å²) in [7, 11) is -4.05. The van der Waals surface area contributed by atoms with Crippen LogP contribution in [0.15, 0.2) is 89.4 Å². The maximum atomic E-state index is 13.5. The fourth-order valence-electron chi connectivity index (χ4n) is 3.14. The van der Waals surface area contributed by atoms with Crippen molar-refractivity contribution in [3.63, 3.8) is 0 Å². The second-order valence-electron chi connectivity index (χ2n) is 7.72. The molecule has 0 radical (unpaired) electrons. The lowest BCUT2D eigenvalue weighted by molar-refractivity contribution is -0.119. The zero-order chi connectivity index (χ0) is 25.4. The Balaban J connectivity index is 1.80. The van der Waals surface area contributed by atoms with Gasteiger partial charge in [-0.2, -0.15) is 5.10 Å². The Hall–Kier alpha value is -3.62. The van der Waals surface area contributed by atoms with Crippen LogP contribution >= 0.6 is 11.6 Å². The Morgan fingerprint density at radius 2 is 1.77 bits per heavy atom. The first-order valence-corrected chi connectivity index (χ1v) is 12.5. The molecule has 7 nitrogen and oxygen atoms in total. The van der Waals surface area contributed by atoms with Crippen molar-refractivity contribution < 1.29 is 17.9 Å². The molecule has 1 N–H and O–H groups in total. The van der Waals surface area contributed by atoms with E-state index < -0.39 is 22.5 Å². The van der Waals surface area contributed by atoms with Crippen LogP contribution in [0.4, 0.5) is 5.69 Å². The van der Waals surface area contributed by atoms with Gasteiger partial charge in [0.15, 0.2) is 0 Å². The van der Waals surface area contributed by atoms with Crippen molar-refractivity contribution in [1.29, 1.82) is 0 Å². The Kier molecular flexibility index (Phi) is 8.68. The summed E-state index contributed by atoms with van der Waals surface area (Å²) in [6.07, 6.45) is 3.11. The summed E-state index contributed by atoms with van der Waals surface area (Å²) in [6, 6.07) is 18.4. The monoisotopic (exact) mass is 511 g/mol. The minimum Gasteiger partial charge on any atom is -0.490 e. The van der Waals surface area contributed by atoms with E-state index in [-0.39, 0.29) is 4.90 Å². The summed E-state index contributed by atoms with van der Waals surface area (Å²) in [4.78, 5) is 12.8. The van der Waals surface area contributed by atoms with Crippen LogP contribution < -0.4 is 14.5 Å². The minimum atomic E-state index is -4.05. The van der Waals surface area contributed by atoms with E-state index in [9.17, 15) is 13.2 Å². The molecular weight excluding hydrogens is 486 g/mol. The topological polar surface area (TPSA) is 88.1 Å². The summed E-state index contributed by atoms with van der Waals surface area (Å²) >= 11 is 6.15. The molecule has 35 heavy (non-hydrogen) atoms. The minimum absolute atomic E-state index is 0.0672. The SMILES string of the molecule is C=CCOc1ccc(/C=N\NC(=O)CN(c2cc(Cl)ccc2C)S(=O)(=O)c2ccc(C)cc2)cc1. The van der Waals surface area contributed by atoms with Gasteiger partial charge in [-0.15, -0.1) is 0 Å². The Morgan fingerprint density at radius 1 is 1.09 bits per heavy atom. The zero-order valence-corrected chi connectivity index (χ0v) is 21.0. The highest BCUT2D eigenvalue weighted by molar-refractivity contribution is 7.92. The summed E-state index contributed by atoms with van der Waals surface area (Å²) in [5, 5.41) is 4.31. The molecule has 0 fully saturated rings. The highest BCUT2D eigenvalue weighted by Gasteiger charge is 2.28. The molecule has 182 valence electrons. The molecule has 3 aromatic rings. The van der Waals surface area contributed by atoms with Gasteiger partial charge in [-0.25, -0.2) is 13.8 Å². The number of anilines is 1. The van der Waals surface area contributed by atoms with Crippen LogP contribution in [0.2, 0.25) is 5.02 Å². The van der Waals surface area contributed by atoms with Crippen molar-refractivity contribution >= 4 is 39.4 Å². The maximum absolute atomic E-state index is 13.5. The average molecular weight is 512 g/mol. The van der Waals surface area contributed by atoms with E-state index in [2.05, 4.69) is 17.1 Å². The van der Waals surface area contributed by atoms with Crippen LogP contribution in [0.25, 0.3) is 0 Å². The zero-order valence-electron chi connectivity index (χ0n) is 19.4. The molecule has 9 heteroatoms. The molecule has 0 aromatic heterocycles. The Bertz CT molecular complexity index is 1320. The number of carbonyl (C=O) groups excluding carboxylic acids is 1. The number of nitrogens with one attached hydrogen (secondary N) is 1. The fraction of sp³-hybridized carbons (Fsp3) is 0.154. The van der Waals surface area contributed by atoms with Crippen LogP contribution in [-0.2, 0) is 14.8 Å². The van der Waals surface area contributed by atoms with Gasteiger partial charge in [-0.1, -0.05) is 48.0 Å². The average Bonchev–Trinajstić information content (AvgIpc) is 2.84. The molecule has 0 bridgehead atoms. The Labute approximate surface area is 210 Å². The largest absolute Gasteiger partial charge is 0.490 e. The number of halogens is 1. The maximum Gasteiger partial charge on any atom is 0.264 e. The third-order valence-electron chi connectivity index (χ3n) is 4.99. The summed E-state index contributed by atoms with van der Waals surface area (Å²) in [5.74, 6) is 0.0715. The standard InChI is InChI=1S/C26H26ClN3O4S/c1-4-15-34-23-11-8-21(9-12-23)17-28-29-26(31)18-30(25-16-22(27)10-7-20(25)3)35(32,33)24-13-5-19(2)6-14-24/h4-14,16-17H,1,15,18H2,2-3H3,(H,29,31)/b28-17-. The smallest absolute Gasteiger partial charge is 0.264 e. The van der Waals surface area contributed by atoms with Gasteiger partial charge in [0.05, 0.1) is 16.8 Å². The number of carbonyl (C=O) groups is 1. The predicted molar refractivity (Wildman–Crippen MR) is 140 cm³/mol. The van der Waals surface area contributed by atoms with Gasteiger partial charge >= 0.3 is 0 Å². The van der Waals surface area contributed by atoms with E-state index in [1.807, 2.05) is 6.92 Å². The molecule has 0 aliphatic rings. The number of aryl methyl sites for hydroxylation is 2. The molecule has 0 heterocycles. The molecule has 0 aliphatic heterocycles. The molecule has 3 rings (SSSR count). The Morgan fingerprint density at radius 3 is 2.43 bits per heavy atom. The third-order valence-corrected chi connectivity index (χ3v) is 7.00. The van der Waals surface area contributed by atoms with Gasteiger partial charge in [-0.3, -0.25) is 9.10 Å². The van der Waals surface area contributed by atoms with E-state index in [1.165, 1.54) is 24.4 Å². The second kappa shape index (κ2) is 11.7. The molecule has 0 aliphatic carbocycles. The number of benzene rings is 3. The molecule has 0 saturated carbocycles. The molecule has 1 amide bonds. The van der Waals surface area contributed by atoms with Crippen molar-refractivity contribution in [3.05, 3.63) is 101 Å². The normalized spacial score (nSPS) is 11.3. The first kappa shape index (κ1) is 26.0. The van der Waals surface area contributed by atoms with Gasteiger partial charge in [-0.05, 0) is 73.5 Å². The summed E-state index contributed by atoms with van der Waals surface area (Å²) < 4.78 is 33.4. The molecule has 0 unspecified atom stereocenters. The van der Waals surface area contributed by atoms with Gasteiger partial charge in [0.25, 0.3) is 15.9 Å². The number of hydrogen-bond acceptors (Lipinski definition) is 5. The van der Waals surface area contributed by atoms with E-state index in [0.717, 1.165) is 15.4 Å². The van der Waals surface area contributed by atoms with E-state index >= 15 is 0 Å². The van der Waals surface area contributed by atoms with Crippen molar-refractivity contribution in [3.8, 4) is 5.75 Å². The highest BCUT2D eigenvalue weighted by Crippen LogP contribution is 2.29. The molecule has 0 spiro atoms. The summed E-state index contributed by atoms with van der Waals surface area (Å²) in [5.41, 5.74) is 5.01. The fourth-order valence-corrected chi connectivity index (χ4v) is 4.78. The molecule has 0 atom stereocenters. The third kappa shape index (κ3) is 6.94. The number of amides is 1. The number of rotatable bonds is 10. The quantitative estimate of drug-likeness (QED) is 0.239. The van der Waals surface area contributed by atoms with Crippen LogP contribution in [0.5, 0.6) is 5.75 Å². The van der Waals surface area contributed by atoms with Crippen LogP contribution in [0.1, 0.15) is 16.7 Å². The lowest BCUT2D eigenvalue weighted by Crippen LogP contribution is -2.40. The van der Waals surface area contributed by atoms with Gasteiger partial charge in [0, 0.05) is 5.02 Å². The highest BCUT2D eigenvalue weighted by atomic mass is 35.5. The molecular formula is C26H26ClN3O4S. The van der Waals surface area contributed by atoms with Gasteiger partial charge in [0.2, 0.25) is 0 Å². The van der Waals surface area contributed by atoms with E-state index in [4.69, 9.17) is 16.3 Å². The van der Waals surface area contributed by atoms with Gasteiger partial charge in [0.1, 0.15) is 18.9 Å². The van der Waals surface area contributed by atoms with Crippen molar-refractivity contribution in [2.75, 3.05) is 17.5 Å². The van der Waals surface area contributed by atoms with E-state index in [1.54, 1.807) is 61.5 Å². The summed E-state index contributed by atoms with van der Waals surface area (Å²) in [6.45, 7) is 7.13. The van der Waals surface area contributed by atoms with Crippen molar-refractivity contribution in [2.24, 2.45) is 5.10 Å². The predicted octanol–water partition coefficient (Wildman–Crippen LogP) is 4.87. The first-order valence-electron chi connectivity index (χ1n) is 10.7. The van der Waals surface area contributed by atoms with Crippen molar-refractivity contribution in [2.45, 2.75) is 18.7 Å². The second-order valence-corrected chi connectivity index (χ2v) is 10.0. The molecule has 0 saturated heterocycles. The van der Waals surface area contributed by atoms with Crippen LogP contribution in [0, 0.1) is 13.8 Å². The first-order chi connectivity index (χ1) is 16.7. The van der Waals surface area contributed by atoms with Crippen molar-refractivity contribution in [1.82, 2.24) is 5.43 Å². The van der Waals surface area contributed by atoms with Crippen LogP contribution in [0.3, 0.4) is 0 Å².